The van der Waals surface area contributed by atoms with Gasteiger partial charge in [0.05, 0.1) is 6.54 Å². The van der Waals surface area contributed by atoms with Crippen LogP contribution in [0.3, 0.4) is 0 Å². The van der Waals surface area contributed by atoms with Crippen molar-refractivity contribution in [3.63, 3.8) is 0 Å². The third-order valence-electron chi connectivity index (χ3n) is 3.17. The highest BCUT2D eigenvalue weighted by Gasteiger charge is 2.12. The fourth-order valence-electron chi connectivity index (χ4n) is 2.21. The maximum absolute atomic E-state index is 12.0. The van der Waals surface area contributed by atoms with Gasteiger partial charge in [0.1, 0.15) is 5.75 Å². The van der Waals surface area contributed by atoms with E-state index in [-0.39, 0.29) is 11.5 Å². The second-order valence-electron chi connectivity index (χ2n) is 4.76. The predicted octanol–water partition coefficient (Wildman–Crippen LogP) is 0.799. The van der Waals surface area contributed by atoms with Crippen LogP contribution in [-0.4, -0.2) is 48.5 Å². The fraction of sp³-hybridized carbons (Fsp3) is 0.500. The minimum atomic E-state index is 0.239. The summed E-state index contributed by atoms with van der Waals surface area (Å²) in [5.41, 5.74) is 0.964. The van der Waals surface area contributed by atoms with E-state index in [9.17, 15) is 9.90 Å². The molecule has 4 heteroatoms. The van der Waals surface area contributed by atoms with E-state index < -0.39 is 0 Å². The van der Waals surface area contributed by atoms with Crippen molar-refractivity contribution in [2.75, 3.05) is 32.7 Å². The van der Waals surface area contributed by atoms with Crippen molar-refractivity contribution in [3.05, 3.63) is 29.8 Å². The number of aromatic hydroxyl groups is 1. The summed E-state index contributed by atoms with van der Waals surface area (Å²) in [6.45, 7) is 4.48. The zero-order valence-electron chi connectivity index (χ0n) is 10.6. The first-order chi connectivity index (χ1) is 8.74. The molecule has 0 bridgehead atoms. The van der Waals surface area contributed by atoms with Crippen molar-refractivity contribution >= 4 is 5.78 Å². The molecule has 2 N–H and O–H groups in total. The molecular formula is C14H20N2O2. The number of rotatable bonds is 4. The second-order valence-corrected chi connectivity index (χ2v) is 4.76. The van der Waals surface area contributed by atoms with Gasteiger partial charge in [0, 0.05) is 19.5 Å². The van der Waals surface area contributed by atoms with Gasteiger partial charge in [-0.1, -0.05) is 12.1 Å². The quantitative estimate of drug-likeness (QED) is 0.827. The van der Waals surface area contributed by atoms with E-state index in [1.165, 1.54) is 0 Å². The van der Waals surface area contributed by atoms with Gasteiger partial charge in [-0.3, -0.25) is 9.69 Å². The predicted molar refractivity (Wildman–Crippen MR) is 70.7 cm³/mol. The molecule has 0 aliphatic carbocycles. The Morgan fingerprint density at radius 2 is 2.00 bits per heavy atom. The lowest BCUT2D eigenvalue weighted by atomic mass is 10.1. The van der Waals surface area contributed by atoms with E-state index in [0.717, 1.165) is 38.2 Å². The normalized spacial score (nSPS) is 17.3. The standard InChI is InChI=1S/C14H20N2O2/c17-13-4-2-12(3-5-13)10-14(18)11-16-8-1-6-15-7-9-16/h2-5,15,17H,1,6-11H2. The number of nitrogens with one attached hydrogen (secondary N) is 1. The van der Waals surface area contributed by atoms with E-state index >= 15 is 0 Å². The van der Waals surface area contributed by atoms with Gasteiger partial charge in [-0.25, -0.2) is 0 Å². The minimum Gasteiger partial charge on any atom is -0.508 e. The topological polar surface area (TPSA) is 52.6 Å². The lowest BCUT2D eigenvalue weighted by Gasteiger charge is -2.18. The van der Waals surface area contributed by atoms with Crippen molar-refractivity contribution in [3.8, 4) is 5.75 Å². The van der Waals surface area contributed by atoms with Crippen LogP contribution in [0, 0.1) is 0 Å². The molecule has 1 aromatic rings. The van der Waals surface area contributed by atoms with Crippen LogP contribution < -0.4 is 5.32 Å². The van der Waals surface area contributed by atoms with Crippen LogP contribution in [0.25, 0.3) is 0 Å². The van der Waals surface area contributed by atoms with Gasteiger partial charge in [0.2, 0.25) is 0 Å². The van der Waals surface area contributed by atoms with Crippen LogP contribution in [0.1, 0.15) is 12.0 Å². The fourth-order valence-corrected chi connectivity index (χ4v) is 2.21. The van der Waals surface area contributed by atoms with E-state index in [2.05, 4.69) is 10.2 Å². The molecule has 0 amide bonds. The molecule has 0 saturated carbocycles. The molecular weight excluding hydrogens is 228 g/mol. The van der Waals surface area contributed by atoms with Crippen LogP contribution in [0.5, 0.6) is 5.75 Å². The highest BCUT2D eigenvalue weighted by atomic mass is 16.3. The molecule has 1 saturated heterocycles. The van der Waals surface area contributed by atoms with Gasteiger partial charge in [-0.2, -0.15) is 0 Å². The molecule has 98 valence electrons. The van der Waals surface area contributed by atoms with Crippen molar-refractivity contribution in [2.45, 2.75) is 12.8 Å². The molecule has 0 radical (unpaired) electrons. The zero-order chi connectivity index (χ0) is 12.8. The average molecular weight is 248 g/mol. The number of benzene rings is 1. The summed E-state index contributed by atoms with van der Waals surface area (Å²) in [6.07, 6.45) is 1.55. The average Bonchev–Trinajstić information content (AvgIpc) is 2.61. The molecule has 0 atom stereocenters. The molecule has 1 aliphatic heterocycles. The van der Waals surface area contributed by atoms with E-state index in [1.807, 2.05) is 0 Å². The maximum Gasteiger partial charge on any atom is 0.151 e. The number of phenolic OH excluding ortho intramolecular Hbond substituents is 1. The van der Waals surface area contributed by atoms with E-state index in [4.69, 9.17) is 0 Å². The van der Waals surface area contributed by atoms with Crippen LogP contribution in [-0.2, 0) is 11.2 Å². The highest BCUT2D eigenvalue weighted by molar-refractivity contribution is 5.82. The summed E-state index contributed by atoms with van der Waals surface area (Å²) in [7, 11) is 0. The largest absolute Gasteiger partial charge is 0.508 e. The van der Waals surface area contributed by atoms with Crippen LogP contribution >= 0.6 is 0 Å². The summed E-state index contributed by atoms with van der Waals surface area (Å²) in [6, 6.07) is 6.85. The van der Waals surface area contributed by atoms with Crippen molar-refractivity contribution in [2.24, 2.45) is 0 Å². The molecule has 0 unspecified atom stereocenters. The Hall–Kier alpha value is -1.39. The van der Waals surface area contributed by atoms with Gasteiger partial charge in [-0.15, -0.1) is 0 Å². The van der Waals surface area contributed by atoms with E-state index in [1.54, 1.807) is 24.3 Å². The third kappa shape index (κ3) is 4.13. The van der Waals surface area contributed by atoms with E-state index in [0.29, 0.717) is 13.0 Å². The number of carbonyl (C=O) groups is 1. The number of hydrogen-bond donors (Lipinski definition) is 2. The third-order valence-corrected chi connectivity index (χ3v) is 3.17. The number of phenols is 1. The van der Waals surface area contributed by atoms with Gasteiger partial charge < -0.3 is 10.4 Å². The summed E-state index contributed by atoms with van der Waals surface area (Å²) in [5.74, 6) is 0.479. The molecule has 18 heavy (non-hydrogen) atoms. The van der Waals surface area contributed by atoms with Gasteiger partial charge in [0.25, 0.3) is 0 Å². The lowest BCUT2D eigenvalue weighted by molar-refractivity contribution is -0.119. The summed E-state index contributed by atoms with van der Waals surface area (Å²) in [5, 5.41) is 12.5. The minimum absolute atomic E-state index is 0.239. The first-order valence-corrected chi connectivity index (χ1v) is 6.47. The maximum atomic E-state index is 12.0. The van der Waals surface area contributed by atoms with Gasteiger partial charge in [-0.05, 0) is 37.2 Å². The monoisotopic (exact) mass is 248 g/mol. The number of Topliss-reactive ketones (excluding diaryl/α,β-unsaturated/α-hetero) is 1. The SMILES string of the molecule is O=C(Cc1ccc(O)cc1)CN1CCCNCC1. The Bertz CT molecular complexity index is 381. The molecule has 0 aromatic heterocycles. The summed E-state index contributed by atoms with van der Waals surface area (Å²) < 4.78 is 0. The molecule has 1 heterocycles. The Labute approximate surface area is 108 Å². The number of carbonyl (C=O) groups excluding carboxylic acids is 1. The van der Waals surface area contributed by atoms with Crippen molar-refractivity contribution < 1.29 is 9.90 Å². The molecule has 1 aliphatic rings. The molecule has 2 rings (SSSR count). The zero-order valence-corrected chi connectivity index (χ0v) is 10.6. The molecule has 1 aromatic carbocycles. The number of hydrogen-bond acceptors (Lipinski definition) is 4. The number of nitrogens with zero attached hydrogens (tertiary/aromatic N) is 1. The second kappa shape index (κ2) is 6.52. The Balaban J connectivity index is 1.82. The Morgan fingerprint density at radius 3 is 2.78 bits per heavy atom. The lowest BCUT2D eigenvalue weighted by Crippen LogP contribution is -2.33. The molecule has 4 nitrogen and oxygen atoms in total. The highest BCUT2D eigenvalue weighted by Crippen LogP contribution is 2.10. The van der Waals surface area contributed by atoms with Gasteiger partial charge in [0.15, 0.2) is 5.78 Å². The molecule has 1 fully saturated rings. The first kappa shape index (κ1) is 13.1. The van der Waals surface area contributed by atoms with Crippen molar-refractivity contribution in [1.82, 2.24) is 10.2 Å². The van der Waals surface area contributed by atoms with Crippen LogP contribution in [0.15, 0.2) is 24.3 Å². The summed E-state index contributed by atoms with van der Waals surface area (Å²) >= 11 is 0. The first-order valence-electron chi connectivity index (χ1n) is 6.47. The smallest absolute Gasteiger partial charge is 0.151 e. The Morgan fingerprint density at radius 1 is 1.22 bits per heavy atom. The van der Waals surface area contributed by atoms with Crippen LogP contribution in [0.2, 0.25) is 0 Å². The number of ketones is 1. The summed E-state index contributed by atoms with van der Waals surface area (Å²) in [4.78, 5) is 14.2. The van der Waals surface area contributed by atoms with Gasteiger partial charge >= 0.3 is 0 Å². The van der Waals surface area contributed by atoms with Crippen LogP contribution in [0.4, 0.5) is 0 Å². The Kier molecular flexibility index (Phi) is 4.73. The van der Waals surface area contributed by atoms with Crippen molar-refractivity contribution in [1.29, 1.82) is 0 Å². The molecule has 0 spiro atoms.